The van der Waals surface area contributed by atoms with Crippen LogP contribution in [-0.2, 0) is 20.7 Å². The second-order valence-electron chi connectivity index (χ2n) is 7.88. The van der Waals surface area contributed by atoms with Crippen LogP contribution in [-0.4, -0.2) is 79.8 Å². The van der Waals surface area contributed by atoms with Crippen LogP contribution in [0.5, 0.6) is 17.2 Å². The predicted molar refractivity (Wildman–Crippen MR) is 112 cm³/mol. The Labute approximate surface area is 188 Å². The second-order valence-corrected chi connectivity index (χ2v) is 7.88. The monoisotopic (exact) mass is 460 g/mol. The Morgan fingerprint density at radius 3 is 2.30 bits per heavy atom. The average Bonchev–Trinajstić information content (AvgIpc) is 3.15. The van der Waals surface area contributed by atoms with Crippen LogP contribution >= 0.6 is 0 Å². The molecule has 4 rings (SSSR count). The van der Waals surface area contributed by atoms with Crippen LogP contribution in [0.3, 0.4) is 0 Å². The van der Waals surface area contributed by atoms with Crippen molar-refractivity contribution in [3.05, 3.63) is 59.7 Å². The zero-order valence-electron chi connectivity index (χ0n) is 17.3. The number of ether oxygens (including phenoxy) is 3. The van der Waals surface area contributed by atoms with E-state index in [0.717, 1.165) is 5.56 Å². The van der Waals surface area contributed by atoms with Gasteiger partial charge in [-0.15, -0.1) is 0 Å². The fourth-order valence-corrected chi connectivity index (χ4v) is 3.70. The number of aromatic hydroxyl groups is 2. The van der Waals surface area contributed by atoms with Gasteiger partial charge in [0.1, 0.15) is 47.4 Å². The molecule has 1 fully saturated rings. The first-order valence-corrected chi connectivity index (χ1v) is 10.3. The first-order chi connectivity index (χ1) is 15.8. The minimum Gasteiger partial charge on any atom is -0.508 e. The van der Waals surface area contributed by atoms with Gasteiger partial charge in [0, 0.05) is 18.6 Å². The lowest BCUT2D eigenvalue weighted by Gasteiger charge is -2.39. The molecule has 33 heavy (non-hydrogen) atoms. The summed E-state index contributed by atoms with van der Waals surface area (Å²) < 4.78 is 16.9. The number of phenols is 2. The van der Waals surface area contributed by atoms with Gasteiger partial charge in [-0.05, 0) is 29.8 Å². The number of carbonyl (C=O) groups is 1. The maximum absolute atomic E-state index is 12.5. The highest BCUT2D eigenvalue weighted by atomic mass is 16.7. The molecule has 10 nitrogen and oxygen atoms in total. The summed E-state index contributed by atoms with van der Waals surface area (Å²) >= 11 is 0. The summed E-state index contributed by atoms with van der Waals surface area (Å²) in [5, 5.41) is 58.9. The fourth-order valence-electron chi connectivity index (χ4n) is 3.70. The van der Waals surface area contributed by atoms with Gasteiger partial charge in [0.2, 0.25) is 6.29 Å². The van der Waals surface area contributed by atoms with Crippen molar-refractivity contribution in [2.45, 2.75) is 43.2 Å². The summed E-state index contributed by atoms with van der Waals surface area (Å²) in [6, 6.07) is 10.4. The van der Waals surface area contributed by atoms with E-state index in [1.807, 2.05) is 0 Å². The van der Waals surface area contributed by atoms with Crippen LogP contribution in [0.15, 0.2) is 48.5 Å². The van der Waals surface area contributed by atoms with E-state index < -0.39 is 43.4 Å². The van der Waals surface area contributed by atoms with E-state index in [2.05, 4.69) is 0 Å². The molecule has 1 saturated heterocycles. The minimum atomic E-state index is -1.65. The van der Waals surface area contributed by atoms with Gasteiger partial charge in [-0.2, -0.15) is 0 Å². The molecular formula is C23H24O10. The predicted octanol–water partition coefficient (Wildman–Crippen LogP) is -0.172. The summed E-state index contributed by atoms with van der Waals surface area (Å²) in [6.45, 7) is -0.626. The number of aliphatic hydroxyl groups excluding tert-OH is 4. The van der Waals surface area contributed by atoms with Crippen LogP contribution in [0.4, 0.5) is 0 Å². The molecular weight excluding hydrogens is 436 g/mol. The normalized spacial score (nSPS) is 29.5. The molecule has 0 saturated carbocycles. The molecule has 0 radical (unpaired) electrons. The van der Waals surface area contributed by atoms with E-state index in [4.69, 9.17) is 14.2 Å². The van der Waals surface area contributed by atoms with Gasteiger partial charge in [-0.25, -0.2) is 0 Å². The van der Waals surface area contributed by atoms with Crippen LogP contribution in [0, 0.1) is 0 Å². The van der Waals surface area contributed by atoms with E-state index in [1.54, 1.807) is 12.1 Å². The molecule has 6 atom stereocenters. The van der Waals surface area contributed by atoms with Gasteiger partial charge in [-0.3, -0.25) is 4.79 Å². The van der Waals surface area contributed by atoms with E-state index in [0.29, 0.717) is 0 Å². The highest BCUT2D eigenvalue weighted by molar-refractivity contribution is 6.03. The number of rotatable bonds is 6. The Balaban J connectivity index is 1.54. The van der Waals surface area contributed by atoms with Crippen LogP contribution in [0.25, 0.3) is 5.76 Å². The van der Waals surface area contributed by atoms with Crippen molar-refractivity contribution in [1.29, 1.82) is 0 Å². The van der Waals surface area contributed by atoms with Gasteiger partial charge < -0.3 is 44.8 Å². The molecule has 0 bridgehead atoms. The summed E-state index contributed by atoms with van der Waals surface area (Å²) in [5.74, 6) is -0.198. The molecule has 176 valence electrons. The number of ketones is 1. The van der Waals surface area contributed by atoms with Crippen molar-refractivity contribution in [2.24, 2.45) is 0 Å². The van der Waals surface area contributed by atoms with E-state index in [9.17, 15) is 35.4 Å². The number of aliphatic hydroxyl groups is 4. The molecule has 0 unspecified atom stereocenters. The quantitative estimate of drug-likeness (QED) is 0.341. The second kappa shape index (κ2) is 9.38. The summed E-state index contributed by atoms with van der Waals surface area (Å²) in [5.41, 5.74) is 1.07. The number of phenolic OH excluding ortho intramolecular Hbond substituents is 2. The van der Waals surface area contributed by atoms with Gasteiger partial charge in [0.15, 0.2) is 11.9 Å². The van der Waals surface area contributed by atoms with Crippen molar-refractivity contribution in [1.82, 2.24) is 0 Å². The molecule has 2 aromatic rings. The van der Waals surface area contributed by atoms with Crippen molar-refractivity contribution < 1.29 is 49.6 Å². The smallest absolute Gasteiger partial charge is 0.229 e. The SMILES string of the molecule is O=C1C=C(c2ccc(O)cc2O[C@H]2O[C@@H](CO)[C@H](O)[C@@H](O)[C@@H]2O)O[C@@H]1Cc1ccc(O)cc1. The lowest BCUT2D eigenvalue weighted by molar-refractivity contribution is -0.277. The topological polar surface area (TPSA) is 166 Å². The van der Waals surface area contributed by atoms with Crippen LogP contribution < -0.4 is 4.74 Å². The van der Waals surface area contributed by atoms with E-state index in [1.165, 1.54) is 36.4 Å². The van der Waals surface area contributed by atoms with Gasteiger partial charge in [0.05, 0.1) is 12.2 Å². The largest absolute Gasteiger partial charge is 0.508 e. The average molecular weight is 460 g/mol. The molecule has 0 amide bonds. The van der Waals surface area contributed by atoms with Gasteiger partial charge in [-0.1, -0.05) is 12.1 Å². The Hall–Kier alpha value is -3.15. The highest BCUT2D eigenvalue weighted by Crippen LogP contribution is 2.36. The first-order valence-electron chi connectivity index (χ1n) is 10.3. The van der Waals surface area contributed by atoms with E-state index >= 15 is 0 Å². The summed E-state index contributed by atoms with van der Waals surface area (Å²) in [7, 11) is 0. The number of carbonyl (C=O) groups excluding carboxylic acids is 1. The molecule has 2 heterocycles. The Morgan fingerprint density at radius 2 is 1.61 bits per heavy atom. The fraction of sp³-hybridized carbons (Fsp3) is 0.348. The third-order valence-electron chi connectivity index (χ3n) is 5.54. The lowest BCUT2D eigenvalue weighted by Crippen LogP contribution is -2.60. The molecule has 2 aromatic carbocycles. The Bertz CT molecular complexity index is 1030. The van der Waals surface area contributed by atoms with Crippen molar-refractivity contribution >= 4 is 11.5 Å². The molecule has 0 spiro atoms. The third-order valence-corrected chi connectivity index (χ3v) is 5.54. The van der Waals surface area contributed by atoms with Crippen molar-refractivity contribution in [3.8, 4) is 17.2 Å². The Kier molecular flexibility index (Phi) is 6.54. The van der Waals surface area contributed by atoms with Crippen LogP contribution in [0.2, 0.25) is 0 Å². The van der Waals surface area contributed by atoms with Crippen molar-refractivity contribution in [2.75, 3.05) is 6.61 Å². The lowest BCUT2D eigenvalue weighted by atomic mass is 9.99. The van der Waals surface area contributed by atoms with Gasteiger partial charge in [0.25, 0.3) is 0 Å². The minimum absolute atomic E-state index is 0.0105. The molecule has 10 heteroatoms. The Morgan fingerprint density at radius 1 is 0.909 bits per heavy atom. The number of hydrogen-bond acceptors (Lipinski definition) is 10. The molecule has 0 aliphatic carbocycles. The van der Waals surface area contributed by atoms with Gasteiger partial charge >= 0.3 is 0 Å². The van der Waals surface area contributed by atoms with Crippen LogP contribution in [0.1, 0.15) is 11.1 Å². The first kappa shape index (κ1) is 23.0. The highest BCUT2D eigenvalue weighted by Gasteiger charge is 2.45. The standard InChI is InChI=1S/C23H24O10/c24-10-19-20(28)21(29)22(30)23(33-19)32-16-8-13(26)5-6-14(16)17-9-15(27)18(31-17)7-11-1-3-12(25)4-2-11/h1-6,8-9,18-26,28-30H,7,10H2/t18-,19+,20+,21-,22+,23+/m1/s1. The van der Waals surface area contributed by atoms with E-state index in [-0.39, 0.29) is 40.8 Å². The maximum Gasteiger partial charge on any atom is 0.229 e. The molecule has 2 aliphatic heterocycles. The molecule has 0 aromatic heterocycles. The molecule has 6 N–H and O–H groups in total. The number of benzene rings is 2. The molecule has 2 aliphatic rings. The third kappa shape index (κ3) is 4.80. The van der Waals surface area contributed by atoms with Crippen molar-refractivity contribution in [3.63, 3.8) is 0 Å². The maximum atomic E-state index is 12.5. The summed E-state index contributed by atoms with van der Waals surface area (Å²) in [4.78, 5) is 12.5. The zero-order valence-corrected chi connectivity index (χ0v) is 17.3. The zero-order chi connectivity index (χ0) is 23.7. The number of hydrogen-bond donors (Lipinski definition) is 6. The summed E-state index contributed by atoms with van der Waals surface area (Å²) in [6.07, 6.45) is -6.75.